The first-order chi connectivity index (χ1) is 15.4. The number of fused-ring (bicyclic) bond motifs is 1. The number of hydrogen-bond donors (Lipinski definition) is 2. The molecular formula is C23H16FN4O3P. The number of amides is 1. The Balaban J connectivity index is 1.72. The third-order valence-corrected chi connectivity index (χ3v) is 5.27. The van der Waals surface area contributed by atoms with E-state index in [1.807, 2.05) is 24.3 Å². The van der Waals surface area contributed by atoms with Crippen LogP contribution in [0.25, 0.3) is 10.9 Å². The molecule has 4 aromatic rings. The van der Waals surface area contributed by atoms with Crippen molar-refractivity contribution in [1.29, 1.82) is 5.26 Å². The lowest BCUT2D eigenvalue weighted by atomic mass is 10.1. The molecule has 0 bridgehead atoms. The monoisotopic (exact) mass is 446 g/mol. The average molecular weight is 446 g/mol. The van der Waals surface area contributed by atoms with Crippen LogP contribution in [0, 0.1) is 17.1 Å². The average Bonchev–Trinajstić information content (AvgIpc) is 2.79. The number of benzene rings is 3. The molecule has 1 atom stereocenters. The second-order valence-electron chi connectivity index (χ2n) is 7.04. The lowest BCUT2D eigenvalue weighted by molar-refractivity contribution is 0.102. The highest BCUT2D eigenvalue weighted by molar-refractivity contribution is 7.27. The van der Waals surface area contributed by atoms with Gasteiger partial charge in [-0.3, -0.25) is 14.2 Å². The summed E-state index contributed by atoms with van der Waals surface area (Å²) in [5, 5.41) is 22.4. The van der Waals surface area contributed by atoms with Gasteiger partial charge >= 0.3 is 0 Å². The van der Waals surface area contributed by atoms with E-state index in [1.54, 1.807) is 24.3 Å². The second kappa shape index (κ2) is 8.58. The Morgan fingerprint density at radius 3 is 2.69 bits per heavy atom. The van der Waals surface area contributed by atoms with Gasteiger partial charge in [0.2, 0.25) is 0 Å². The molecule has 0 fully saturated rings. The van der Waals surface area contributed by atoms with Crippen molar-refractivity contribution in [3.05, 3.63) is 93.8 Å². The first-order valence-corrected chi connectivity index (χ1v) is 10.0. The SMILES string of the molecule is N#Cc1cc(C(=O)Nc2cccc3ncn(Cc4ccc(P)cc4)c(=O)c23)cc(F)c1O. The maximum atomic E-state index is 13.9. The van der Waals surface area contributed by atoms with Gasteiger partial charge in [0.05, 0.1) is 35.0 Å². The molecule has 0 radical (unpaired) electrons. The molecule has 0 aliphatic heterocycles. The zero-order valence-electron chi connectivity index (χ0n) is 16.5. The van der Waals surface area contributed by atoms with Crippen LogP contribution in [-0.4, -0.2) is 20.6 Å². The Labute approximate surface area is 184 Å². The fraction of sp³-hybridized carbons (Fsp3) is 0.0435. The Hall–Kier alpha value is -4.08. The van der Waals surface area contributed by atoms with Gasteiger partial charge in [-0.1, -0.05) is 30.3 Å². The first-order valence-electron chi connectivity index (χ1n) is 9.44. The number of anilines is 1. The maximum absolute atomic E-state index is 13.9. The van der Waals surface area contributed by atoms with Crippen LogP contribution in [-0.2, 0) is 6.54 Å². The van der Waals surface area contributed by atoms with Crippen LogP contribution < -0.4 is 16.2 Å². The minimum Gasteiger partial charge on any atom is -0.504 e. The molecule has 0 aliphatic carbocycles. The Morgan fingerprint density at radius 1 is 1.22 bits per heavy atom. The van der Waals surface area contributed by atoms with Gasteiger partial charge in [0.1, 0.15) is 6.07 Å². The predicted octanol–water partition coefficient (Wildman–Crippen LogP) is 2.91. The number of nitriles is 1. The largest absolute Gasteiger partial charge is 0.504 e. The summed E-state index contributed by atoms with van der Waals surface area (Å²) >= 11 is 0. The van der Waals surface area contributed by atoms with Crippen LogP contribution in [0.1, 0.15) is 21.5 Å². The summed E-state index contributed by atoms with van der Waals surface area (Å²) in [6.45, 7) is 0.295. The van der Waals surface area contributed by atoms with Crippen LogP contribution in [0.15, 0.2) is 65.7 Å². The zero-order valence-corrected chi connectivity index (χ0v) is 17.7. The molecular weight excluding hydrogens is 430 g/mol. The first kappa shape index (κ1) is 21.2. The molecule has 32 heavy (non-hydrogen) atoms. The van der Waals surface area contributed by atoms with Crippen LogP contribution in [0.5, 0.6) is 5.75 Å². The fourth-order valence-corrected chi connectivity index (χ4v) is 3.44. The number of aromatic nitrogens is 2. The highest BCUT2D eigenvalue weighted by Crippen LogP contribution is 2.24. The fourth-order valence-electron chi connectivity index (χ4n) is 3.25. The van der Waals surface area contributed by atoms with Crippen LogP contribution in [0.3, 0.4) is 0 Å². The number of nitrogens with one attached hydrogen (secondary N) is 1. The summed E-state index contributed by atoms with van der Waals surface area (Å²) < 4.78 is 15.3. The lowest BCUT2D eigenvalue weighted by Gasteiger charge is -2.11. The number of carbonyl (C=O) groups is 1. The number of phenolic OH excluding ortho intramolecular Hbond substituents is 1. The molecule has 158 valence electrons. The van der Waals surface area contributed by atoms with E-state index < -0.39 is 17.5 Å². The molecule has 1 unspecified atom stereocenters. The Kier molecular flexibility index (Phi) is 5.67. The number of carbonyl (C=O) groups excluding carboxylic acids is 1. The molecule has 2 N–H and O–H groups in total. The normalized spacial score (nSPS) is 10.7. The van der Waals surface area contributed by atoms with Gasteiger partial charge in [0, 0.05) is 5.56 Å². The predicted molar refractivity (Wildman–Crippen MR) is 122 cm³/mol. The summed E-state index contributed by atoms with van der Waals surface area (Å²) in [5.41, 5.74) is 0.606. The summed E-state index contributed by atoms with van der Waals surface area (Å²) in [6, 6.07) is 16.0. The molecule has 4 rings (SSSR count). The Bertz CT molecular complexity index is 1460. The number of halogens is 1. The summed E-state index contributed by atoms with van der Waals surface area (Å²) in [6.07, 6.45) is 1.44. The quantitative estimate of drug-likeness (QED) is 0.469. The van der Waals surface area contributed by atoms with E-state index in [2.05, 4.69) is 19.5 Å². The van der Waals surface area contributed by atoms with E-state index in [-0.39, 0.29) is 27.8 Å². The van der Waals surface area contributed by atoms with Crippen molar-refractivity contribution in [1.82, 2.24) is 9.55 Å². The van der Waals surface area contributed by atoms with E-state index >= 15 is 0 Å². The maximum Gasteiger partial charge on any atom is 0.263 e. The highest BCUT2D eigenvalue weighted by Gasteiger charge is 2.17. The molecule has 1 heterocycles. The minimum atomic E-state index is -1.09. The van der Waals surface area contributed by atoms with E-state index in [0.29, 0.717) is 12.1 Å². The minimum absolute atomic E-state index is 0.171. The molecule has 1 aromatic heterocycles. The topological polar surface area (TPSA) is 108 Å². The van der Waals surface area contributed by atoms with Crippen molar-refractivity contribution in [2.45, 2.75) is 6.54 Å². The van der Waals surface area contributed by atoms with Crippen molar-refractivity contribution in [3.8, 4) is 11.8 Å². The Morgan fingerprint density at radius 2 is 1.97 bits per heavy atom. The van der Waals surface area contributed by atoms with E-state index in [9.17, 15) is 19.1 Å². The zero-order chi connectivity index (χ0) is 22.8. The molecule has 0 saturated carbocycles. The van der Waals surface area contributed by atoms with Crippen molar-refractivity contribution in [3.63, 3.8) is 0 Å². The summed E-state index contributed by atoms with van der Waals surface area (Å²) in [5.74, 6) is -2.65. The van der Waals surface area contributed by atoms with Gasteiger partial charge in [-0.05, 0) is 35.1 Å². The summed E-state index contributed by atoms with van der Waals surface area (Å²) in [4.78, 5) is 30.2. The van der Waals surface area contributed by atoms with E-state index in [0.717, 1.165) is 23.0 Å². The molecule has 0 aliphatic rings. The summed E-state index contributed by atoms with van der Waals surface area (Å²) in [7, 11) is 2.59. The van der Waals surface area contributed by atoms with E-state index in [4.69, 9.17) is 5.26 Å². The molecule has 1 amide bonds. The van der Waals surface area contributed by atoms with Gasteiger partial charge in [-0.15, -0.1) is 9.24 Å². The van der Waals surface area contributed by atoms with E-state index in [1.165, 1.54) is 10.9 Å². The lowest BCUT2D eigenvalue weighted by Crippen LogP contribution is -2.23. The molecule has 3 aromatic carbocycles. The van der Waals surface area contributed by atoms with Crippen molar-refractivity contribution in [2.75, 3.05) is 5.32 Å². The van der Waals surface area contributed by atoms with Crippen molar-refractivity contribution in [2.24, 2.45) is 0 Å². The number of hydrogen-bond acceptors (Lipinski definition) is 5. The number of rotatable bonds is 4. The van der Waals surface area contributed by atoms with Crippen molar-refractivity contribution < 1.29 is 14.3 Å². The molecule has 9 heteroatoms. The second-order valence-corrected chi connectivity index (χ2v) is 7.71. The van der Waals surface area contributed by atoms with Crippen LogP contribution in [0.2, 0.25) is 0 Å². The van der Waals surface area contributed by atoms with Crippen LogP contribution in [0.4, 0.5) is 10.1 Å². The van der Waals surface area contributed by atoms with Gasteiger partial charge in [-0.2, -0.15) is 5.26 Å². The van der Waals surface area contributed by atoms with Gasteiger partial charge in [-0.25, -0.2) is 9.37 Å². The van der Waals surface area contributed by atoms with Crippen molar-refractivity contribution >= 4 is 37.0 Å². The van der Waals surface area contributed by atoms with Gasteiger partial charge in [0.25, 0.3) is 11.5 Å². The number of phenols is 1. The van der Waals surface area contributed by atoms with Gasteiger partial charge in [0.15, 0.2) is 11.6 Å². The van der Waals surface area contributed by atoms with Crippen LogP contribution >= 0.6 is 9.24 Å². The van der Waals surface area contributed by atoms with Gasteiger partial charge < -0.3 is 10.4 Å². The highest BCUT2D eigenvalue weighted by atomic mass is 31.0. The number of nitrogens with zero attached hydrogens (tertiary/aromatic N) is 3. The standard InChI is InChI=1S/C23H16FN4O3P/c24-17-9-14(8-15(10-25)21(17)29)22(30)27-19-3-1-2-18-20(19)23(31)28(12-26-18)11-13-4-6-16(32)7-5-13/h1-9,12,29H,11,32H2,(H,27,30). The third kappa shape index (κ3) is 4.07. The third-order valence-electron chi connectivity index (χ3n) is 4.88. The molecule has 0 spiro atoms. The molecule has 7 nitrogen and oxygen atoms in total. The smallest absolute Gasteiger partial charge is 0.263 e. The number of aromatic hydroxyl groups is 1. The molecule has 0 saturated heterocycles.